The number of rotatable bonds is 2. The van der Waals surface area contributed by atoms with Gasteiger partial charge < -0.3 is 14.7 Å². The van der Waals surface area contributed by atoms with E-state index in [2.05, 4.69) is 0 Å². The Hall–Kier alpha value is -1.27. The van der Waals surface area contributed by atoms with Gasteiger partial charge in [0, 0.05) is 18.8 Å². The summed E-state index contributed by atoms with van der Waals surface area (Å²) >= 11 is 0. The molecule has 112 valence electrons. The minimum atomic E-state index is -4.46. The highest BCUT2D eigenvalue weighted by Crippen LogP contribution is 2.35. The number of aliphatic hydroxyl groups is 1. The van der Waals surface area contributed by atoms with Crippen molar-refractivity contribution in [2.45, 2.75) is 32.2 Å². The number of aliphatic hydroxyl groups excluding tert-OH is 1. The van der Waals surface area contributed by atoms with Gasteiger partial charge in [-0.1, -0.05) is 6.07 Å². The normalized spacial score (nSPS) is 19.2. The lowest BCUT2D eigenvalue weighted by Crippen LogP contribution is -2.48. The summed E-state index contributed by atoms with van der Waals surface area (Å²) in [5.74, 6) is 0. The van der Waals surface area contributed by atoms with Crippen molar-refractivity contribution in [3.8, 4) is 0 Å². The van der Waals surface area contributed by atoms with Crippen molar-refractivity contribution < 1.29 is 23.0 Å². The van der Waals surface area contributed by atoms with E-state index < -0.39 is 18.3 Å². The molecule has 1 aliphatic rings. The molecule has 1 heterocycles. The molecule has 20 heavy (non-hydrogen) atoms. The lowest BCUT2D eigenvalue weighted by molar-refractivity contribution is -0.138. The second-order valence-corrected chi connectivity index (χ2v) is 5.53. The summed E-state index contributed by atoms with van der Waals surface area (Å²) in [7, 11) is 0. The van der Waals surface area contributed by atoms with Gasteiger partial charge in [-0.25, -0.2) is 0 Å². The molecule has 0 saturated carbocycles. The maximum Gasteiger partial charge on any atom is 0.416 e. The molecule has 0 bridgehead atoms. The molecule has 1 saturated heterocycles. The Morgan fingerprint density at radius 3 is 2.60 bits per heavy atom. The van der Waals surface area contributed by atoms with Crippen LogP contribution in [0.4, 0.5) is 18.9 Å². The van der Waals surface area contributed by atoms with Crippen LogP contribution in [-0.4, -0.2) is 30.4 Å². The molecule has 0 radical (unpaired) electrons. The van der Waals surface area contributed by atoms with Crippen molar-refractivity contribution in [3.63, 3.8) is 0 Å². The summed E-state index contributed by atoms with van der Waals surface area (Å²) in [6.07, 6.45) is -4.46. The Kier molecular flexibility index (Phi) is 3.97. The quantitative estimate of drug-likeness (QED) is 0.908. The number of ether oxygens (including phenoxy) is 1. The van der Waals surface area contributed by atoms with E-state index in [4.69, 9.17) is 9.84 Å². The molecule has 1 aromatic carbocycles. The molecule has 6 heteroatoms. The number of nitrogens with zero attached hydrogens (tertiary/aromatic N) is 1. The van der Waals surface area contributed by atoms with Crippen molar-refractivity contribution in [1.82, 2.24) is 0 Å². The fraction of sp³-hybridized carbons (Fsp3) is 0.571. The maximum absolute atomic E-state index is 13.0. The van der Waals surface area contributed by atoms with Crippen LogP contribution in [0.25, 0.3) is 0 Å². The topological polar surface area (TPSA) is 32.7 Å². The number of anilines is 1. The zero-order chi connectivity index (χ0) is 15.0. The van der Waals surface area contributed by atoms with Gasteiger partial charge in [0.05, 0.1) is 24.4 Å². The Bertz CT molecular complexity index is 486. The molecule has 2 rings (SSSR count). The van der Waals surface area contributed by atoms with Gasteiger partial charge in [-0.05, 0) is 31.5 Å². The van der Waals surface area contributed by atoms with E-state index in [9.17, 15) is 13.2 Å². The highest BCUT2D eigenvalue weighted by atomic mass is 19.4. The first-order valence-electron chi connectivity index (χ1n) is 6.43. The third-order valence-electron chi connectivity index (χ3n) is 3.36. The Labute approximate surface area is 116 Å². The second-order valence-electron chi connectivity index (χ2n) is 5.53. The Morgan fingerprint density at radius 1 is 1.35 bits per heavy atom. The SMILES string of the molecule is CC1(C)CN(c2ccc(CO)c(C(F)(F)F)c2)CCO1. The van der Waals surface area contributed by atoms with Crippen LogP contribution in [0, 0.1) is 0 Å². The molecule has 1 fully saturated rings. The molecule has 1 aromatic rings. The van der Waals surface area contributed by atoms with Crippen LogP contribution >= 0.6 is 0 Å². The van der Waals surface area contributed by atoms with Crippen molar-refractivity contribution >= 4 is 5.69 Å². The van der Waals surface area contributed by atoms with E-state index in [-0.39, 0.29) is 11.2 Å². The minimum Gasteiger partial charge on any atom is -0.392 e. The van der Waals surface area contributed by atoms with E-state index in [1.54, 1.807) is 6.07 Å². The summed E-state index contributed by atoms with van der Waals surface area (Å²) in [4.78, 5) is 1.87. The predicted molar refractivity (Wildman–Crippen MR) is 69.6 cm³/mol. The van der Waals surface area contributed by atoms with E-state index in [1.807, 2.05) is 18.7 Å². The van der Waals surface area contributed by atoms with Crippen LogP contribution in [0.15, 0.2) is 18.2 Å². The van der Waals surface area contributed by atoms with Crippen LogP contribution in [0.1, 0.15) is 25.0 Å². The van der Waals surface area contributed by atoms with E-state index >= 15 is 0 Å². The number of benzene rings is 1. The van der Waals surface area contributed by atoms with E-state index in [0.717, 1.165) is 6.07 Å². The monoisotopic (exact) mass is 289 g/mol. The first kappa shape index (κ1) is 15.1. The molecule has 1 N–H and O–H groups in total. The van der Waals surface area contributed by atoms with Crippen molar-refractivity contribution in [3.05, 3.63) is 29.3 Å². The van der Waals surface area contributed by atoms with Gasteiger partial charge in [0.15, 0.2) is 0 Å². The zero-order valence-corrected chi connectivity index (χ0v) is 11.5. The van der Waals surface area contributed by atoms with Crippen LogP contribution in [-0.2, 0) is 17.5 Å². The summed E-state index contributed by atoms with van der Waals surface area (Å²) in [6.45, 7) is 4.76. The molecular formula is C14H18F3NO2. The molecule has 3 nitrogen and oxygen atoms in total. The summed E-state index contributed by atoms with van der Waals surface area (Å²) in [5.41, 5.74) is -0.756. The van der Waals surface area contributed by atoms with Crippen molar-refractivity contribution in [1.29, 1.82) is 0 Å². The second kappa shape index (κ2) is 5.26. The molecule has 0 spiro atoms. The lowest BCUT2D eigenvalue weighted by Gasteiger charge is -2.39. The first-order chi connectivity index (χ1) is 9.23. The molecular weight excluding hydrogens is 271 g/mol. The van der Waals surface area contributed by atoms with Gasteiger partial charge in [0.2, 0.25) is 0 Å². The van der Waals surface area contributed by atoms with Crippen molar-refractivity contribution in [2.24, 2.45) is 0 Å². The van der Waals surface area contributed by atoms with Crippen molar-refractivity contribution in [2.75, 3.05) is 24.6 Å². The number of hydrogen-bond acceptors (Lipinski definition) is 3. The predicted octanol–water partition coefficient (Wildman–Crippen LogP) is 2.81. The number of halogens is 3. The Morgan fingerprint density at radius 2 is 2.05 bits per heavy atom. The minimum absolute atomic E-state index is 0.103. The van der Waals surface area contributed by atoms with E-state index in [1.165, 1.54) is 6.07 Å². The van der Waals surface area contributed by atoms with Crippen LogP contribution in [0.2, 0.25) is 0 Å². The summed E-state index contributed by atoms with van der Waals surface area (Å²) in [6, 6.07) is 4.05. The fourth-order valence-corrected chi connectivity index (χ4v) is 2.40. The Balaban J connectivity index is 2.34. The van der Waals surface area contributed by atoms with Gasteiger partial charge in [-0.3, -0.25) is 0 Å². The standard InChI is InChI=1S/C14H18F3NO2/c1-13(2)9-18(5-6-20-13)11-4-3-10(8-19)12(7-11)14(15,16)17/h3-4,7,19H,5-6,8-9H2,1-2H3. The summed E-state index contributed by atoms with van der Waals surface area (Å²) < 4.78 is 44.5. The largest absolute Gasteiger partial charge is 0.416 e. The third-order valence-corrected chi connectivity index (χ3v) is 3.36. The van der Waals surface area contributed by atoms with Gasteiger partial charge in [-0.2, -0.15) is 13.2 Å². The van der Waals surface area contributed by atoms with Gasteiger partial charge in [0.1, 0.15) is 0 Å². The third kappa shape index (κ3) is 3.24. The fourth-order valence-electron chi connectivity index (χ4n) is 2.40. The zero-order valence-electron chi connectivity index (χ0n) is 11.5. The van der Waals surface area contributed by atoms with Crippen LogP contribution < -0.4 is 4.90 Å². The molecule has 0 atom stereocenters. The van der Waals surface area contributed by atoms with Gasteiger partial charge in [-0.15, -0.1) is 0 Å². The van der Waals surface area contributed by atoms with Crippen LogP contribution in [0.3, 0.4) is 0 Å². The average molecular weight is 289 g/mol. The molecule has 1 aliphatic heterocycles. The average Bonchev–Trinajstić information content (AvgIpc) is 2.35. The number of alkyl halides is 3. The summed E-state index contributed by atoms with van der Waals surface area (Å²) in [5, 5.41) is 9.03. The molecule has 0 amide bonds. The molecule has 0 aromatic heterocycles. The van der Waals surface area contributed by atoms with E-state index in [0.29, 0.717) is 25.4 Å². The van der Waals surface area contributed by atoms with Gasteiger partial charge in [0.25, 0.3) is 0 Å². The highest BCUT2D eigenvalue weighted by Gasteiger charge is 2.34. The number of hydrogen-bond donors (Lipinski definition) is 1. The lowest BCUT2D eigenvalue weighted by atomic mass is 10.0. The first-order valence-corrected chi connectivity index (χ1v) is 6.43. The molecule has 0 aliphatic carbocycles. The maximum atomic E-state index is 13.0. The van der Waals surface area contributed by atoms with Gasteiger partial charge >= 0.3 is 6.18 Å². The van der Waals surface area contributed by atoms with Crippen LogP contribution in [0.5, 0.6) is 0 Å². The molecule has 0 unspecified atom stereocenters. The highest BCUT2D eigenvalue weighted by molar-refractivity contribution is 5.52. The smallest absolute Gasteiger partial charge is 0.392 e. The number of morpholine rings is 1.